The predicted molar refractivity (Wildman–Crippen MR) is 110 cm³/mol. The van der Waals surface area contributed by atoms with Crippen LogP contribution in [0.2, 0.25) is 0 Å². The van der Waals surface area contributed by atoms with Crippen LogP contribution in [0.15, 0.2) is 23.7 Å². The Morgan fingerprint density at radius 1 is 1.19 bits per heavy atom. The molecule has 1 amide bonds. The zero-order valence-electron chi connectivity index (χ0n) is 16.9. The summed E-state index contributed by atoms with van der Waals surface area (Å²) in [6.45, 7) is 12.6. The molecule has 0 unspecified atom stereocenters. The largest absolute Gasteiger partial charge is 0.494 e. The number of hydrogen-bond acceptors (Lipinski definition) is 5. The number of nitrogens with zero attached hydrogens (tertiary/aromatic N) is 1. The molecule has 1 aromatic carbocycles. The van der Waals surface area contributed by atoms with Gasteiger partial charge in [-0.3, -0.25) is 4.79 Å². The smallest absolute Gasteiger partial charge is 0.399 e. The molecule has 2 aromatic rings. The third-order valence-corrected chi connectivity index (χ3v) is 6.51. The number of aryl methyl sites for hydroxylation is 2. The second kappa shape index (κ2) is 7.38. The van der Waals surface area contributed by atoms with Crippen LogP contribution < -0.4 is 10.8 Å². The molecule has 1 saturated heterocycles. The summed E-state index contributed by atoms with van der Waals surface area (Å²) >= 11 is 1.62. The molecular formula is C20H27BN2O3S. The Morgan fingerprint density at radius 2 is 1.85 bits per heavy atom. The molecule has 5 nitrogen and oxygen atoms in total. The maximum atomic E-state index is 12.7. The van der Waals surface area contributed by atoms with E-state index in [1.807, 2.05) is 65.3 Å². The lowest BCUT2D eigenvalue weighted by molar-refractivity contribution is 0.00578. The van der Waals surface area contributed by atoms with Crippen LogP contribution >= 0.6 is 11.3 Å². The first-order valence-corrected chi connectivity index (χ1v) is 10.1. The van der Waals surface area contributed by atoms with Gasteiger partial charge in [-0.1, -0.05) is 12.1 Å². The fraction of sp³-hybridized carbons (Fsp3) is 0.500. The summed E-state index contributed by atoms with van der Waals surface area (Å²) in [5.74, 6) is -0.0759. The van der Waals surface area contributed by atoms with E-state index in [4.69, 9.17) is 9.31 Å². The molecule has 2 heterocycles. The van der Waals surface area contributed by atoms with E-state index in [1.54, 1.807) is 11.3 Å². The van der Waals surface area contributed by atoms with E-state index < -0.39 is 18.3 Å². The molecule has 0 radical (unpaired) electrons. The van der Waals surface area contributed by atoms with Gasteiger partial charge in [0.1, 0.15) is 0 Å². The van der Waals surface area contributed by atoms with Crippen LogP contribution in [0.3, 0.4) is 0 Å². The molecule has 3 rings (SSSR count). The molecule has 1 aliphatic heterocycles. The Balaban J connectivity index is 1.70. The van der Waals surface area contributed by atoms with Crippen molar-refractivity contribution in [1.29, 1.82) is 0 Å². The van der Waals surface area contributed by atoms with E-state index >= 15 is 0 Å². The van der Waals surface area contributed by atoms with E-state index in [9.17, 15) is 4.79 Å². The molecule has 0 spiro atoms. The van der Waals surface area contributed by atoms with E-state index in [0.717, 1.165) is 23.1 Å². The number of nitrogens with one attached hydrogen (secondary N) is 1. The van der Waals surface area contributed by atoms with Crippen molar-refractivity contribution in [3.05, 3.63) is 45.4 Å². The van der Waals surface area contributed by atoms with Crippen molar-refractivity contribution >= 4 is 29.8 Å². The minimum absolute atomic E-state index is 0.0759. The molecule has 0 atom stereocenters. The summed E-state index contributed by atoms with van der Waals surface area (Å²) in [7, 11) is -0.470. The van der Waals surface area contributed by atoms with Gasteiger partial charge in [0.25, 0.3) is 5.91 Å². The third-order valence-electron chi connectivity index (χ3n) is 5.51. The first kappa shape index (κ1) is 20.0. The highest BCUT2D eigenvalue weighted by Gasteiger charge is 2.51. The van der Waals surface area contributed by atoms with Crippen LogP contribution in [0, 0.1) is 13.8 Å². The van der Waals surface area contributed by atoms with E-state index in [0.29, 0.717) is 12.1 Å². The summed E-state index contributed by atoms with van der Waals surface area (Å²) in [6.07, 6.45) is 0.790. The lowest BCUT2D eigenvalue weighted by Crippen LogP contribution is -2.41. The van der Waals surface area contributed by atoms with Gasteiger partial charge in [-0.15, -0.1) is 11.3 Å². The Bertz CT molecular complexity index is 832. The second-order valence-corrected chi connectivity index (χ2v) is 8.97. The van der Waals surface area contributed by atoms with Gasteiger partial charge in [0.05, 0.1) is 22.4 Å². The molecular weight excluding hydrogens is 359 g/mol. The Labute approximate surface area is 165 Å². The summed E-state index contributed by atoms with van der Waals surface area (Å²) in [6, 6.07) is 5.79. The first-order valence-electron chi connectivity index (χ1n) is 9.24. The number of thiazole rings is 1. The molecule has 0 bridgehead atoms. The van der Waals surface area contributed by atoms with Gasteiger partial charge in [0.15, 0.2) is 0 Å². The molecule has 1 aliphatic rings. The number of benzene rings is 1. The Hall–Kier alpha value is -1.70. The highest BCUT2D eigenvalue weighted by Crippen LogP contribution is 2.36. The van der Waals surface area contributed by atoms with Gasteiger partial charge in [-0.2, -0.15) is 0 Å². The molecule has 0 aliphatic carbocycles. The first-order chi connectivity index (χ1) is 12.6. The van der Waals surface area contributed by atoms with Crippen molar-refractivity contribution in [2.75, 3.05) is 6.54 Å². The molecule has 144 valence electrons. The number of hydrogen-bond donors (Lipinski definition) is 1. The summed E-state index contributed by atoms with van der Waals surface area (Å²) in [5.41, 5.74) is 4.51. The van der Waals surface area contributed by atoms with Crippen LogP contribution in [0.1, 0.15) is 54.2 Å². The van der Waals surface area contributed by atoms with Crippen LogP contribution in [0.25, 0.3) is 0 Å². The number of carbonyl (C=O) groups is 1. The quantitative estimate of drug-likeness (QED) is 0.803. The second-order valence-electron chi connectivity index (χ2n) is 8.03. The van der Waals surface area contributed by atoms with Crippen molar-refractivity contribution in [2.45, 2.75) is 59.2 Å². The standard InChI is InChI=1S/C20H27BN2O3S/c1-13-7-8-15(21-25-19(3,4)20(5,6)26-21)11-16(13)18(24)22-10-9-17-14(2)23-12-27-17/h7-8,11-12H,9-10H2,1-6H3,(H,22,24). The molecule has 27 heavy (non-hydrogen) atoms. The summed E-state index contributed by atoms with van der Waals surface area (Å²) in [4.78, 5) is 18.1. The van der Waals surface area contributed by atoms with Crippen LogP contribution in [-0.4, -0.2) is 35.8 Å². The summed E-state index contributed by atoms with van der Waals surface area (Å²) < 4.78 is 12.2. The molecule has 1 N–H and O–H groups in total. The fourth-order valence-corrected chi connectivity index (χ4v) is 3.74. The highest BCUT2D eigenvalue weighted by molar-refractivity contribution is 7.09. The van der Waals surface area contributed by atoms with Crippen LogP contribution in [-0.2, 0) is 15.7 Å². The Morgan fingerprint density at radius 3 is 2.44 bits per heavy atom. The predicted octanol–water partition coefficient (Wildman–Crippen LogP) is 3.03. The fourth-order valence-electron chi connectivity index (χ4n) is 2.96. The summed E-state index contributed by atoms with van der Waals surface area (Å²) in [5, 5.41) is 3.01. The van der Waals surface area contributed by atoms with Gasteiger partial charge in [-0.05, 0) is 58.6 Å². The van der Waals surface area contributed by atoms with Gasteiger partial charge in [-0.25, -0.2) is 4.98 Å². The average Bonchev–Trinajstić information content (AvgIpc) is 3.08. The normalized spacial score (nSPS) is 17.9. The van der Waals surface area contributed by atoms with Gasteiger partial charge in [0.2, 0.25) is 0 Å². The maximum Gasteiger partial charge on any atom is 0.494 e. The van der Waals surface area contributed by atoms with E-state index in [2.05, 4.69) is 10.3 Å². The van der Waals surface area contributed by atoms with Crippen molar-refractivity contribution in [1.82, 2.24) is 10.3 Å². The molecule has 1 fully saturated rings. The van der Waals surface area contributed by atoms with Gasteiger partial charge < -0.3 is 14.6 Å². The van der Waals surface area contributed by atoms with Crippen molar-refractivity contribution in [2.24, 2.45) is 0 Å². The topological polar surface area (TPSA) is 60.5 Å². The van der Waals surface area contributed by atoms with E-state index in [1.165, 1.54) is 4.88 Å². The lowest BCUT2D eigenvalue weighted by atomic mass is 9.77. The average molecular weight is 386 g/mol. The zero-order chi connectivity index (χ0) is 19.8. The van der Waals surface area contributed by atoms with Gasteiger partial charge in [0, 0.05) is 23.4 Å². The van der Waals surface area contributed by atoms with Gasteiger partial charge >= 0.3 is 7.12 Å². The number of rotatable bonds is 5. The molecule has 1 aromatic heterocycles. The minimum Gasteiger partial charge on any atom is -0.399 e. The molecule has 7 heteroatoms. The van der Waals surface area contributed by atoms with Crippen LogP contribution in [0.4, 0.5) is 0 Å². The zero-order valence-corrected chi connectivity index (χ0v) is 17.7. The van der Waals surface area contributed by atoms with Crippen molar-refractivity contribution in [3.63, 3.8) is 0 Å². The minimum atomic E-state index is -0.470. The molecule has 0 saturated carbocycles. The maximum absolute atomic E-state index is 12.7. The SMILES string of the molecule is Cc1ccc(B2OC(C)(C)C(C)(C)O2)cc1C(=O)NCCc1scnc1C. The van der Waals surface area contributed by atoms with E-state index in [-0.39, 0.29) is 5.91 Å². The van der Waals surface area contributed by atoms with Crippen molar-refractivity contribution < 1.29 is 14.1 Å². The Kier molecular flexibility index (Phi) is 5.48. The van der Waals surface area contributed by atoms with Crippen LogP contribution in [0.5, 0.6) is 0 Å². The van der Waals surface area contributed by atoms with Crippen molar-refractivity contribution in [3.8, 4) is 0 Å². The monoisotopic (exact) mass is 386 g/mol. The lowest BCUT2D eigenvalue weighted by Gasteiger charge is -2.32. The number of aromatic nitrogens is 1. The third kappa shape index (κ3) is 4.10. The number of carbonyl (C=O) groups excluding carboxylic acids is 1. The number of amides is 1. The highest BCUT2D eigenvalue weighted by atomic mass is 32.1.